The van der Waals surface area contributed by atoms with Gasteiger partial charge in [0, 0.05) is 5.92 Å². The molecule has 178 valence electrons. The average molecular weight is 465 g/mol. The molecule has 1 heterocycles. The van der Waals surface area contributed by atoms with Gasteiger partial charge in [-0.25, -0.2) is 4.98 Å². The Morgan fingerprint density at radius 3 is 2.23 bits per heavy atom. The van der Waals surface area contributed by atoms with E-state index in [0.29, 0.717) is 12.5 Å². The maximum atomic E-state index is 6.12. The first kappa shape index (κ1) is 23.0. The number of benzene rings is 4. The van der Waals surface area contributed by atoms with E-state index in [1.807, 2.05) is 12.1 Å². The summed E-state index contributed by atoms with van der Waals surface area (Å²) >= 11 is 0. The van der Waals surface area contributed by atoms with Crippen molar-refractivity contribution in [2.75, 3.05) is 13.7 Å². The van der Waals surface area contributed by atoms with Gasteiger partial charge in [-0.2, -0.15) is 0 Å². The molecule has 0 fully saturated rings. The number of methoxy groups -OCH3 is 1. The molecular weight excluding hydrogens is 432 g/mol. The summed E-state index contributed by atoms with van der Waals surface area (Å²) in [6, 6.07) is 29.6. The maximum Gasteiger partial charge on any atom is 0.119 e. The second-order valence-electron chi connectivity index (χ2n) is 9.38. The monoisotopic (exact) mass is 464 g/mol. The van der Waals surface area contributed by atoms with Gasteiger partial charge >= 0.3 is 0 Å². The lowest BCUT2D eigenvalue weighted by Gasteiger charge is -2.17. The van der Waals surface area contributed by atoms with Gasteiger partial charge in [0.05, 0.1) is 24.7 Å². The largest absolute Gasteiger partial charge is 0.497 e. The number of ether oxygens (including phenoxy) is 2. The first-order chi connectivity index (χ1) is 17.0. The van der Waals surface area contributed by atoms with Crippen molar-refractivity contribution in [2.45, 2.75) is 39.2 Å². The third-order valence-electron chi connectivity index (χ3n) is 6.77. The molecule has 0 bridgehead atoms. The van der Waals surface area contributed by atoms with Crippen molar-refractivity contribution >= 4 is 21.8 Å². The van der Waals surface area contributed by atoms with Crippen LogP contribution in [0.15, 0.2) is 84.9 Å². The molecule has 0 aliphatic rings. The van der Waals surface area contributed by atoms with Gasteiger partial charge < -0.3 is 14.0 Å². The van der Waals surface area contributed by atoms with Crippen molar-refractivity contribution < 1.29 is 9.47 Å². The Balaban J connectivity index is 1.41. The molecule has 35 heavy (non-hydrogen) atoms. The second kappa shape index (κ2) is 9.83. The number of para-hydroxylation sites is 2. The van der Waals surface area contributed by atoms with Crippen LogP contribution in [0.2, 0.25) is 0 Å². The molecule has 0 aliphatic heterocycles. The number of nitrogens with zero attached hydrogens (tertiary/aromatic N) is 2. The molecule has 1 unspecified atom stereocenters. The fraction of sp³-hybridized carbons (Fsp3) is 0.258. The summed E-state index contributed by atoms with van der Waals surface area (Å²) in [5.74, 6) is 3.48. The molecule has 0 radical (unpaired) electrons. The highest BCUT2D eigenvalue weighted by Crippen LogP contribution is 2.30. The van der Waals surface area contributed by atoms with Crippen molar-refractivity contribution in [3.05, 3.63) is 102 Å². The highest BCUT2D eigenvalue weighted by atomic mass is 16.5. The van der Waals surface area contributed by atoms with E-state index >= 15 is 0 Å². The molecule has 0 spiro atoms. The molecule has 0 amide bonds. The molecule has 4 heteroatoms. The van der Waals surface area contributed by atoms with Crippen LogP contribution in [0.25, 0.3) is 21.8 Å². The highest BCUT2D eigenvalue weighted by molar-refractivity contribution is 5.85. The van der Waals surface area contributed by atoms with E-state index in [1.54, 1.807) is 7.11 Å². The number of rotatable bonds is 8. The zero-order valence-electron chi connectivity index (χ0n) is 20.9. The molecule has 1 aromatic heterocycles. The number of hydrogen-bond acceptors (Lipinski definition) is 3. The maximum absolute atomic E-state index is 6.12. The SMILES string of the molecule is COc1ccc2cc(C(C)c3nc4ccccc4n3CCOc3ccc(C(C)C)cc3)ccc2c1. The van der Waals surface area contributed by atoms with E-state index in [9.17, 15) is 0 Å². The molecule has 0 saturated carbocycles. The molecule has 1 atom stereocenters. The molecule has 0 saturated heterocycles. The van der Waals surface area contributed by atoms with Crippen LogP contribution in [-0.2, 0) is 6.54 Å². The van der Waals surface area contributed by atoms with Crippen molar-refractivity contribution in [3.63, 3.8) is 0 Å². The Labute approximate surface area is 207 Å². The smallest absolute Gasteiger partial charge is 0.119 e. The topological polar surface area (TPSA) is 36.3 Å². The van der Waals surface area contributed by atoms with E-state index in [2.05, 4.69) is 98.1 Å². The molecule has 0 aliphatic carbocycles. The summed E-state index contributed by atoms with van der Waals surface area (Å²) in [5.41, 5.74) is 4.71. The van der Waals surface area contributed by atoms with Gasteiger partial charge in [-0.3, -0.25) is 0 Å². The minimum atomic E-state index is 0.138. The minimum Gasteiger partial charge on any atom is -0.497 e. The fourth-order valence-corrected chi connectivity index (χ4v) is 4.65. The Bertz CT molecular complexity index is 1450. The van der Waals surface area contributed by atoms with Crippen LogP contribution in [0.4, 0.5) is 0 Å². The van der Waals surface area contributed by atoms with Crippen LogP contribution in [-0.4, -0.2) is 23.3 Å². The van der Waals surface area contributed by atoms with E-state index in [1.165, 1.54) is 21.9 Å². The Kier molecular flexibility index (Phi) is 6.45. The number of hydrogen-bond donors (Lipinski definition) is 0. The molecule has 5 aromatic rings. The first-order valence-electron chi connectivity index (χ1n) is 12.3. The van der Waals surface area contributed by atoms with Crippen LogP contribution in [0.3, 0.4) is 0 Å². The quantitative estimate of drug-likeness (QED) is 0.238. The summed E-state index contributed by atoms with van der Waals surface area (Å²) in [6.45, 7) is 7.95. The summed E-state index contributed by atoms with van der Waals surface area (Å²) < 4.78 is 13.8. The number of aromatic nitrogens is 2. The van der Waals surface area contributed by atoms with Crippen molar-refractivity contribution in [3.8, 4) is 11.5 Å². The standard InChI is InChI=1S/C31H32N2O2/c1-21(2)23-11-14-27(15-12-23)35-18-17-33-30-8-6-5-7-29(30)32-31(33)22(3)24-9-10-26-20-28(34-4)16-13-25(26)19-24/h5-16,19-22H,17-18H2,1-4H3. The lowest BCUT2D eigenvalue weighted by Crippen LogP contribution is -2.13. The van der Waals surface area contributed by atoms with Crippen LogP contribution < -0.4 is 9.47 Å². The predicted octanol–water partition coefficient (Wildman–Crippen LogP) is 7.55. The van der Waals surface area contributed by atoms with Crippen LogP contribution in [0.1, 0.15) is 49.6 Å². The van der Waals surface area contributed by atoms with Crippen molar-refractivity contribution in [1.82, 2.24) is 9.55 Å². The van der Waals surface area contributed by atoms with Crippen LogP contribution in [0.5, 0.6) is 11.5 Å². The first-order valence-corrected chi connectivity index (χ1v) is 12.3. The van der Waals surface area contributed by atoms with Gasteiger partial charge in [0.15, 0.2) is 0 Å². The molecule has 0 N–H and O–H groups in total. The summed E-state index contributed by atoms with van der Waals surface area (Å²) in [6.07, 6.45) is 0. The summed E-state index contributed by atoms with van der Waals surface area (Å²) in [5, 5.41) is 2.37. The van der Waals surface area contributed by atoms with Crippen LogP contribution in [0, 0.1) is 0 Å². The lowest BCUT2D eigenvalue weighted by molar-refractivity contribution is 0.297. The van der Waals surface area contributed by atoms with E-state index in [4.69, 9.17) is 14.5 Å². The van der Waals surface area contributed by atoms with E-state index in [-0.39, 0.29) is 5.92 Å². The third-order valence-corrected chi connectivity index (χ3v) is 6.77. The van der Waals surface area contributed by atoms with Gasteiger partial charge in [0.25, 0.3) is 0 Å². The highest BCUT2D eigenvalue weighted by Gasteiger charge is 2.19. The zero-order valence-corrected chi connectivity index (χ0v) is 20.9. The second-order valence-corrected chi connectivity index (χ2v) is 9.38. The average Bonchev–Trinajstić information content (AvgIpc) is 3.26. The predicted molar refractivity (Wildman–Crippen MR) is 144 cm³/mol. The van der Waals surface area contributed by atoms with Gasteiger partial charge in [-0.1, -0.05) is 69.3 Å². The number of fused-ring (bicyclic) bond motifs is 2. The van der Waals surface area contributed by atoms with Gasteiger partial charge in [-0.05, 0) is 64.2 Å². The number of imidazole rings is 1. The molecule has 4 aromatic carbocycles. The Morgan fingerprint density at radius 2 is 1.46 bits per heavy atom. The lowest BCUT2D eigenvalue weighted by atomic mass is 9.97. The minimum absolute atomic E-state index is 0.138. The summed E-state index contributed by atoms with van der Waals surface area (Å²) in [7, 11) is 1.70. The van der Waals surface area contributed by atoms with Gasteiger partial charge in [0.1, 0.15) is 23.9 Å². The zero-order chi connectivity index (χ0) is 24.4. The van der Waals surface area contributed by atoms with Gasteiger partial charge in [0.2, 0.25) is 0 Å². The summed E-state index contributed by atoms with van der Waals surface area (Å²) in [4.78, 5) is 5.04. The molecule has 4 nitrogen and oxygen atoms in total. The Morgan fingerprint density at radius 1 is 0.771 bits per heavy atom. The van der Waals surface area contributed by atoms with Crippen molar-refractivity contribution in [1.29, 1.82) is 0 Å². The van der Waals surface area contributed by atoms with E-state index in [0.717, 1.165) is 34.9 Å². The fourth-order valence-electron chi connectivity index (χ4n) is 4.65. The normalized spacial score (nSPS) is 12.4. The Hall–Kier alpha value is -3.79. The van der Waals surface area contributed by atoms with Crippen LogP contribution >= 0.6 is 0 Å². The van der Waals surface area contributed by atoms with E-state index < -0.39 is 0 Å². The molecular formula is C31H32N2O2. The third kappa shape index (κ3) is 4.74. The van der Waals surface area contributed by atoms with Gasteiger partial charge in [-0.15, -0.1) is 0 Å². The molecule has 5 rings (SSSR count). The van der Waals surface area contributed by atoms with Crippen molar-refractivity contribution in [2.24, 2.45) is 0 Å².